The van der Waals surface area contributed by atoms with Crippen LogP contribution in [0, 0.1) is 23.1 Å². The minimum atomic E-state index is -0.470. The maximum atomic E-state index is 13.1. The molecule has 0 spiro atoms. The van der Waals surface area contributed by atoms with Crippen LogP contribution in [0.5, 0.6) is 0 Å². The van der Waals surface area contributed by atoms with E-state index in [2.05, 4.69) is 0 Å². The van der Waals surface area contributed by atoms with Crippen LogP contribution in [0.3, 0.4) is 0 Å². The second kappa shape index (κ2) is 5.29. The number of benzene rings is 1. The van der Waals surface area contributed by atoms with Gasteiger partial charge < -0.3 is 5.73 Å². The molecule has 0 bridgehead atoms. The van der Waals surface area contributed by atoms with Gasteiger partial charge in [-0.05, 0) is 36.5 Å². The zero-order valence-electron chi connectivity index (χ0n) is 8.82. The van der Waals surface area contributed by atoms with Crippen LogP contribution in [0.1, 0.15) is 36.4 Å². The predicted molar refractivity (Wildman–Crippen MR) is 62.6 cm³/mol. The summed E-state index contributed by atoms with van der Waals surface area (Å²) in [5.41, 5.74) is 7.00. The van der Waals surface area contributed by atoms with Crippen molar-refractivity contribution in [1.82, 2.24) is 0 Å². The molecular formula is C12H14ClFN2. The van der Waals surface area contributed by atoms with E-state index in [1.807, 2.05) is 6.07 Å². The average molecular weight is 241 g/mol. The summed E-state index contributed by atoms with van der Waals surface area (Å²) in [5.74, 6) is 0.0315. The van der Waals surface area contributed by atoms with Gasteiger partial charge in [-0.3, -0.25) is 0 Å². The smallest absolute Gasteiger partial charge is 0.140 e. The summed E-state index contributed by atoms with van der Waals surface area (Å²) < 4.78 is 13.1. The Labute approximate surface area is 101 Å². The zero-order chi connectivity index (χ0) is 10.8. The minimum absolute atomic E-state index is 0. The first-order chi connectivity index (χ1) is 7.22. The van der Waals surface area contributed by atoms with Crippen molar-refractivity contribution in [3.8, 4) is 6.07 Å². The minimum Gasteiger partial charge on any atom is -0.324 e. The van der Waals surface area contributed by atoms with Crippen molar-refractivity contribution in [2.75, 3.05) is 0 Å². The first-order valence-corrected chi connectivity index (χ1v) is 5.17. The standard InChI is InChI=1S/C12H13FN2.ClH/c13-11-5-4-9(6-10(11)7-14)12(15)8-2-1-3-8;/h4-6,8,12H,1-3,15H2;1H/t12-;/m0./s1. The average Bonchev–Trinajstić information content (AvgIpc) is 2.15. The first-order valence-electron chi connectivity index (χ1n) is 5.17. The molecule has 1 aliphatic carbocycles. The van der Waals surface area contributed by atoms with Crippen LogP contribution in [0.4, 0.5) is 4.39 Å². The lowest BCUT2D eigenvalue weighted by Gasteiger charge is -2.31. The van der Waals surface area contributed by atoms with Gasteiger partial charge in [-0.25, -0.2) is 4.39 Å². The molecule has 0 unspecified atom stereocenters. The molecule has 1 aliphatic rings. The SMILES string of the molecule is Cl.N#Cc1cc([C@@H](N)C2CCC2)ccc1F. The second-order valence-electron chi connectivity index (χ2n) is 4.07. The summed E-state index contributed by atoms with van der Waals surface area (Å²) in [6, 6.07) is 6.36. The number of hydrogen-bond acceptors (Lipinski definition) is 2. The molecule has 0 radical (unpaired) electrons. The zero-order valence-corrected chi connectivity index (χ0v) is 9.64. The molecule has 0 aromatic heterocycles. The van der Waals surface area contributed by atoms with Crippen LogP contribution < -0.4 is 5.73 Å². The van der Waals surface area contributed by atoms with Gasteiger partial charge in [-0.2, -0.15) is 5.26 Å². The first kappa shape index (κ1) is 13.0. The van der Waals surface area contributed by atoms with Crippen molar-refractivity contribution in [3.63, 3.8) is 0 Å². The molecule has 16 heavy (non-hydrogen) atoms. The van der Waals surface area contributed by atoms with E-state index >= 15 is 0 Å². The Morgan fingerprint density at radius 2 is 2.12 bits per heavy atom. The largest absolute Gasteiger partial charge is 0.324 e. The summed E-state index contributed by atoms with van der Waals surface area (Å²) in [5, 5.41) is 8.70. The Hall–Kier alpha value is -1.11. The van der Waals surface area contributed by atoms with E-state index in [0.717, 1.165) is 18.4 Å². The van der Waals surface area contributed by atoms with Crippen LogP contribution in [0.25, 0.3) is 0 Å². The lowest BCUT2D eigenvalue weighted by molar-refractivity contribution is 0.264. The van der Waals surface area contributed by atoms with Crippen molar-refractivity contribution >= 4 is 12.4 Å². The quantitative estimate of drug-likeness (QED) is 0.864. The molecule has 0 heterocycles. The van der Waals surface area contributed by atoms with Gasteiger partial charge in [0, 0.05) is 6.04 Å². The molecule has 0 amide bonds. The fraction of sp³-hybridized carbons (Fsp3) is 0.417. The van der Waals surface area contributed by atoms with E-state index in [4.69, 9.17) is 11.0 Å². The van der Waals surface area contributed by atoms with Crippen molar-refractivity contribution < 1.29 is 4.39 Å². The topological polar surface area (TPSA) is 49.8 Å². The third kappa shape index (κ3) is 2.34. The molecule has 2 N–H and O–H groups in total. The van der Waals surface area contributed by atoms with Crippen LogP contribution >= 0.6 is 12.4 Å². The summed E-state index contributed by atoms with van der Waals surface area (Å²) >= 11 is 0. The van der Waals surface area contributed by atoms with Gasteiger partial charge in [-0.15, -0.1) is 12.4 Å². The fourth-order valence-corrected chi connectivity index (χ4v) is 1.91. The fourth-order valence-electron chi connectivity index (χ4n) is 1.91. The van der Waals surface area contributed by atoms with E-state index < -0.39 is 5.82 Å². The van der Waals surface area contributed by atoms with Gasteiger partial charge >= 0.3 is 0 Å². The van der Waals surface area contributed by atoms with Gasteiger partial charge in [0.25, 0.3) is 0 Å². The van der Waals surface area contributed by atoms with Gasteiger partial charge in [-0.1, -0.05) is 12.5 Å². The molecule has 1 saturated carbocycles. The highest BCUT2D eigenvalue weighted by atomic mass is 35.5. The Balaban J connectivity index is 0.00000128. The second-order valence-corrected chi connectivity index (χ2v) is 4.07. The molecule has 86 valence electrons. The van der Waals surface area contributed by atoms with Crippen molar-refractivity contribution in [2.24, 2.45) is 11.7 Å². The molecule has 0 aliphatic heterocycles. The van der Waals surface area contributed by atoms with Crippen LogP contribution in [0.2, 0.25) is 0 Å². The lowest BCUT2D eigenvalue weighted by Crippen LogP contribution is -2.26. The molecule has 1 aromatic rings. The number of nitrogens with two attached hydrogens (primary N) is 1. The third-order valence-corrected chi connectivity index (χ3v) is 3.15. The van der Waals surface area contributed by atoms with Gasteiger partial charge in [0.15, 0.2) is 0 Å². The van der Waals surface area contributed by atoms with E-state index in [9.17, 15) is 4.39 Å². The normalized spacial score (nSPS) is 16.8. The Morgan fingerprint density at radius 1 is 1.44 bits per heavy atom. The summed E-state index contributed by atoms with van der Waals surface area (Å²) in [6.45, 7) is 0. The highest BCUT2D eigenvalue weighted by molar-refractivity contribution is 5.85. The van der Waals surface area contributed by atoms with Gasteiger partial charge in [0.1, 0.15) is 11.9 Å². The van der Waals surface area contributed by atoms with Crippen molar-refractivity contribution in [2.45, 2.75) is 25.3 Å². The molecular weight excluding hydrogens is 227 g/mol. The maximum Gasteiger partial charge on any atom is 0.140 e. The molecule has 2 nitrogen and oxygen atoms in total. The summed E-state index contributed by atoms with van der Waals surface area (Å²) in [6.07, 6.45) is 3.51. The number of halogens is 2. The number of hydrogen-bond donors (Lipinski definition) is 1. The third-order valence-electron chi connectivity index (χ3n) is 3.15. The highest BCUT2D eigenvalue weighted by Crippen LogP contribution is 2.36. The number of nitriles is 1. The maximum absolute atomic E-state index is 13.1. The molecule has 4 heteroatoms. The van der Waals surface area contributed by atoms with E-state index in [-0.39, 0.29) is 24.0 Å². The summed E-state index contributed by atoms with van der Waals surface area (Å²) in [7, 11) is 0. The molecule has 1 atom stereocenters. The van der Waals surface area contributed by atoms with Crippen molar-refractivity contribution in [3.05, 3.63) is 35.1 Å². The van der Waals surface area contributed by atoms with E-state index in [1.165, 1.54) is 12.5 Å². The van der Waals surface area contributed by atoms with Gasteiger partial charge in [0.2, 0.25) is 0 Å². The number of nitrogens with zero attached hydrogens (tertiary/aromatic N) is 1. The lowest BCUT2D eigenvalue weighted by atomic mass is 9.77. The summed E-state index contributed by atoms with van der Waals surface area (Å²) in [4.78, 5) is 0. The van der Waals surface area contributed by atoms with Crippen molar-refractivity contribution in [1.29, 1.82) is 5.26 Å². The van der Waals surface area contributed by atoms with E-state index in [1.54, 1.807) is 12.1 Å². The van der Waals surface area contributed by atoms with Crippen LogP contribution in [-0.4, -0.2) is 0 Å². The predicted octanol–water partition coefficient (Wildman–Crippen LogP) is 2.92. The Kier molecular flexibility index (Phi) is 4.28. The van der Waals surface area contributed by atoms with Crippen LogP contribution in [-0.2, 0) is 0 Å². The molecule has 1 aromatic carbocycles. The van der Waals surface area contributed by atoms with Gasteiger partial charge in [0.05, 0.1) is 5.56 Å². The Morgan fingerprint density at radius 3 is 2.62 bits per heavy atom. The van der Waals surface area contributed by atoms with E-state index in [0.29, 0.717) is 5.92 Å². The Bertz CT molecular complexity index is 410. The van der Waals surface area contributed by atoms with Crippen LogP contribution in [0.15, 0.2) is 18.2 Å². The molecule has 0 saturated heterocycles. The molecule has 2 rings (SSSR count). The monoisotopic (exact) mass is 240 g/mol. The molecule has 1 fully saturated rings. The highest BCUT2D eigenvalue weighted by Gasteiger charge is 2.25. The number of rotatable bonds is 2.